The lowest BCUT2D eigenvalue weighted by molar-refractivity contribution is 0.204. The van der Waals surface area contributed by atoms with E-state index in [0.29, 0.717) is 0 Å². The van der Waals surface area contributed by atoms with E-state index in [1.807, 2.05) is 0 Å². The molecule has 0 unspecified atom stereocenters. The summed E-state index contributed by atoms with van der Waals surface area (Å²) < 4.78 is 0. The van der Waals surface area contributed by atoms with E-state index in [0.717, 1.165) is 0 Å². The quantitative estimate of drug-likeness (QED) is 0.113. The molecule has 0 radical (unpaired) electrons. The molecule has 0 saturated heterocycles. The summed E-state index contributed by atoms with van der Waals surface area (Å²) in [5.74, 6) is 0. The molecule has 0 bridgehead atoms. The van der Waals surface area contributed by atoms with Gasteiger partial charge in [0.1, 0.15) is 0 Å². The third-order valence-electron chi connectivity index (χ3n) is 4.39. The minimum Gasteiger partial charge on any atom is -0.465 e. The summed E-state index contributed by atoms with van der Waals surface area (Å²) in [7, 11) is 0. The van der Waals surface area contributed by atoms with Crippen LogP contribution in [0.15, 0.2) is 72.8 Å². The second-order valence-corrected chi connectivity index (χ2v) is 6.77. The number of fused-ring (bicyclic) bond motifs is 2. The zero-order valence-electron chi connectivity index (χ0n) is 18.7. The van der Waals surface area contributed by atoms with Crippen molar-refractivity contribution >= 4 is 67.5 Å². The fraction of sp³-hybridized carbons (Fsp3) is 0. The summed E-state index contributed by atoms with van der Waals surface area (Å²) >= 11 is 0. The average Bonchev–Trinajstić information content (AvgIpc) is 2.76. The number of amides is 4. The molecule has 12 heteroatoms. The smallest absolute Gasteiger partial charge is 0.402 e. The molecule has 12 N–H and O–H groups in total. The normalized spacial score (nSPS) is 9.33. The highest BCUT2D eigenvalue weighted by molar-refractivity contribution is 6.32. The van der Waals surface area contributed by atoms with Gasteiger partial charge in [-0.25, -0.2) is 19.2 Å². The first kappa shape index (κ1) is 28.5. The Balaban J connectivity index is 0.000000337. The summed E-state index contributed by atoms with van der Waals surface area (Å²) in [6.07, 6.45) is -5.33. The molecule has 0 aliphatic rings. The Labute approximate surface area is 203 Å². The van der Waals surface area contributed by atoms with Crippen molar-refractivity contribution < 1.29 is 39.6 Å². The summed E-state index contributed by atoms with van der Waals surface area (Å²) in [6, 6.07) is 26.4. The standard InChI is InChI=1S/C20H12.4CH3NO2/c1-5-13-6-2-11-17-18-12-4-8-14-7-3-10-16(20(14)18)15(9-1)19(13)17;4*2-1(3)4/h1-12H;4*2H2,(H,3,4). The van der Waals surface area contributed by atoms with Crippen LogP contribution < -0.4 is 22.9 Å². The van der Waals surface area contributed by atoms with Gasteiger partial charge in [-0.15, -0.1) is 0 Å². The van der Waals surface area contributed by atoms with Gasteiger partial charge in [-0.1, -0.05) is 72.8 Å². The largest absolute Gasteiger partial charge is 0.465 e. The van der Waals surface area contributed by atoms with E-state index < -0.39 is 24.4 Å². The molecule has 5 aromatic carbocycles. The Kier molecular flexibility index (Phi) is 10.5. The average molecular weight is 496 g/mol. The second-order valence-electron chi connectivity index (χ2n) is 6.77. The van der Waals surface area contributed by atoms with Crippen LogP contribution in [0.2, 0.25) is 0 Å². The van der Waals surface area contributed by atoms with Crippen molar-refractivity contribution in [2.24, 2.45) is 22.9 Å². The maximum atomic E-state index is 8.78. The number of carboxylic acid groups (broad SMARTS) is 4. The summed E-state index contributed by atoms with van der Waals surface area (Å²) in [6.45, 7) is 0. The minimum atomic E-state index is -1.33. The fourth-order valence-corrected chi connectivity index (χ4v) is 3.58. The third-order valence-corrected chi connectivity index (χ3v) is 4.39. The van der Waals surface area contributed by atoms with Gasteiger partial charge in [0, 0.05) is 0 Å². The molecule has 0 aliphatic carbocycles. The van der Waals surface area contributed by atoms with E-state index in [-0.39, 0.29) is 0 Å². The summed E-state index contributed by atoms with van der Waals surface area (Å²) in [4.78, 5) is 35.1. The fourth-order valence-electron chi connectivity index (χ4n) is 3.58. The highest BCUT2D eigenvalue weighted by atomic mass is 16.4. The molecule has 0 saturated carbocycles. The Bertz CT molecular complexity index is 1270. The lowest BCUT2D eigenvalue weighted by Gasteiger charge is -2.13. The number of rotatable bonds is 0. The monoisotopic (exact) mass is 496 g/mol. The van der Waals surface area contributed by atoms with Crippen molar-refractivity contribution in [2.75, 3.05) is 0 Å². The molecule has 12 nitrogen and oxygen atoms in total. The Morgan fingerprint density at radius 3 is 0.750 bits per heavy atom. The highest BCUT2D eigenvalue weighted by Crippen LogP contribution is 2.39. The van der Waals surface area contributed by atoms with Crippen LogP contribution in [0, 0.1) is 0 Å². The van der Waals surface area contributed by atoms with Gasteiger partial charge in [0.25, 0.3) is 0 Å². The molecular formula is C24H24N4O8. The van der Waals surface area contributed by atoms with Crippen molar-refractivity contribution in [2.45, 2.75) is 0 Å². The number of carbonyl (C=O) groups is 4. The van der Waals surface area contributed by atoms with Crippen molar-refractivity contribution in [1.29, 1.82) is 0 Å². The first-order valence-corrected chi connectivity index (χ1v) is 9.84. The number of primary amides is 4. The van der Waals surface area contributed by atoms with Crippen LogP contribution in [0.4, 0.5) is 19.2 Å². The van der Waals surface area contributed by atoms with Crippen molar-refractivity contribution in [3.05, 3.63) is 72.8 Å². The second kappa shape index (κ2) is 13.3. The van der Waals surface area contributed by atoms with Crippen LogP contribution in [-0.4, -0.2) is 44.8 Å². The predicted octanol–water partition coefficient (Wildman–Crippen LogP) is 4.23. The summed E-state index contributed by atoms with van der Waals surface area (Å²) in [5.41, 5.74) is 16.1. The molecule has 5 rings (SSSR count). The van der Waals surface area contributed by atoms with Crippen molar-refractivity contribution in [1.82, 2.24) is 0 Å². The zero-order chi connectivity index (χ0) is 27.4. The first-order valence-electron chi connectivity index (χ1n) is 9.84. The van der Waals surface area contributed by atoms with E-state index in [1.165, 1.54) is 43.1 Å². The number of hydrogen-bond donors (Lipinski definition) is 8. The highest BCUT2D eigenvalue weighted by Gasteiger charge is 2.11. The van der Waals surface area contributed by atoms with Crippen LogP contribution in [0.1, 0.15) is 0 Å². The van der Waals surface area contributed by atoms with Crippen LogP contribution in [-0.2, 0) is 0 Å². The number of benzene rings is 5. The van der Waals surface area contributed by atoms with Crippen LogP contribution >= 0.6 is 0 Å². The molecule has 0 spiro atoms. The molecule has 0 aromatic heterocycles. The van der Waals surface area contributed by atoms with Crippen molar-refractivity contribution in [3.8, 4) is 0 Å². The van der Waals surface area contributed by atoms with Gasteiger partial charge in [-0.3, -0.25) is 0 Å². The molecule has 36 heavy (non-hydrogen) atoms. The van der Waals surface area contributed by atoms with Crippen LogP contribution in [0.25, 0.3) is 43.1 Å². The summed E-state index contributed by atoms with van der Waals surface area (Å²) in [5, 5.41) is 39.7. The minimum absolute atomic E-state index is 1.33. The predicted molar refractivity (Wildman–Crippen MR) is 137 cm³/mol. The van der Waals surface area contributed by atoms with E-state index in [2.05, 4.69) is 95.7 Å². The van der Waals surface area contributed by atoms with E-state index in [1.54, 1.807) is 0 Å². The molecule has 0 fully saturated rings. The van der Waals surface area contributed by atoms with E-state index in [4.69, 9.17) is 39.6 Å². The third kappa shape index (κ3) is 8.44. The lowest BCUT2D eigenvalue weighted by atomic mass is 9.90. The van der Waals surface area contributed by atoms with Gasteiger partial charge < -0.3 is 43.4 Å². The lowest BCUT2D eigenvalue weighted by Crippen LogP contribution is -2.03. The maximum Gasteiger partial charge on any atom is 0.402 e. The van der Waals surface area contributed by atoms with Gasteiger partial charge in [0.15, 0.2) is 0 Å². The van der Waals surface area contributed by atoms with Gasteiger partial charge in [-0.2, -0.15) is 0 Å². The molecule has 0 aliphatic heterocycles. The Morgan fingerprint density at radius 1 is 0.417 bits per heavy atom. The van der Waals surface area contributed by atoms with Crippen molar-refractivity contribution in [3.63, 3.8) is 0 Å². The van der Waals surface area contributed by atoms with Crippen LogP contribution in [0.5, 0.6) is 0 Å². The molecule has 0 atom stereocenters. The molecule has 188 valence electrons. The van der Waals surface area contributed by atoms with E-state index in [9.17, 15) is 0 Å². The van der Waals surface area contributed by atoms with E-state index >= 15 is 0 Å². The van der Waals surface area contributed by atoms with Crippen LogP contribution in [0.3, 0.4) is 0 Å². The molecular weight excluding hydrogens is 472 g/mol. The number of hydrogen-bond acceptors (Lipinski definition) is 4. The first-order chi connectivity index (χ1) is 16.9. The molecule has 5 aromatic rings. The Morgan fingerprint density at radius 2 is 0.583 bits per heavy atom. The van der Waals surface area contributed by atoms with Gasteiger partial charge in [-0.05, 0) is 43.1 Å². The van der Waals surface area contributed by atoms with Gasteiger partial charge in [0.05, 0.1) is 0 Å². The number of nitrogens with two attached hydrogens (primary N) is 4. The molecule has 0 heterocycles. The molecule has 4 amide bonds. The zero-order valence-corrected chi connectivity index (χ0v) is 18.7. The van der Waals surface area contributed by atoms with Gasteiger partial charge >= 0.3 is 24.4 Å². The Hall–Kier alpha value is -5.52. The SMILES string of the molecule is NC(=O)O.NC(=O)O.NC(=O)O.NC(=O)O.c1cc2cccc3c4cccc5cccc(c(c1)c23)c54. The topological polar surface area (TPSA) is 253 Å². The maximum absolute atomic E-state index is 8.78. The van der Waals surface area contributed by atoms with Gasteiger partial charge in [0.2, 0.25) is 0 Å².